The fourth-order valence-corrected chi connectivity index (χ4v) is 2.26. The van der Waals surface area contributed by atoms with Gasteiger partial charge in [0, 0.05) is 17.6 Å². The van der Waals surface area contributed by atoms with Crippen molar-refractivity contribution in [3.8, 4) is 0 Å². The van der Waals surface area contributed by atoms with Crippen molar-refractivity contribution in [1.82, 2.24) is 10.3 Å². The molecular formula is C15H23BrN2O. The van der Waals surface area contributed by atoms with Crippen LogP contribution in [0.2, 0.25) is 0 Å². The van der Waals surface area contributed by atoms with Gasteiger partial charge in [-0.05, 0) is 44.2 Å². The first kappa shape index (κ1) is 16.2. The molecule has 1 rings (SSSR count). The summed E-state index contributed by atoms with van der Waals surface area (Å²) in [6, 6.07) is 3.72. The van der Waals surface area contributed by atoms with Gasteiger partial charge in [0.15, 0.2) is 0 Å². The second kappa shape index (κ2) is 7.04. The quantitative estimate of drug-likeness (QED) is 0.811. The number of amides is 1. The number of nitrogens with zero attached hydrogens (tertiary/aromatic N) is 1. The Kier molecular flexibility index (Phi) is 5.98. The van der Waals surface area contributed by atoms with Crippen LogP contribution < -0.4 is 5.32 Å². The molecule has 0 aliphatic carbocycles. The molecule has 106 valence electrons. The van der Waals surface area contributed by atoms with Crippen LogP contribution in [0.25, 0.3) is 0 Å². The maximum absolute atomic E-state index is 12.1. The van der Waals surface area contributed by atoms with Crippen LogP contribution in [0, 0.1) is 19.3 Å². The predicted molar refractivity (Wildman–Crippen MR) is 82.9 cm³/mol. The van der Waals surface area contributed by atoms with Gasteiger partial charge in [-0.15, -0.1) is 0 Å². The second-order valence-corrected chi connectivity index (χ2v) is 6.52. The molecular weight excluding hydrogens is 304 g/mol. The summed E-state index contributed by atoms with van der Waals surface area (Å²) in [7, 11) is 0. The molecule has 1 aromatic rings. The molecule has 0 saturated heterocycles. The van der Waals surface area contributed by atoms with Crippen molar-refractivity contribution in [2.45, 2.75) is 40.5 Å². The smallest absolute Gasteiger partial charge is 0.253 e. The summed E-state index contributed by atoms with van der Waals surface area (Å²) < 4.78 is 0. The van der Waals surface area contributed by atoms with Crippen LogP contribution in [-0.4, -0.2) is 22.8 Å². The molecule has 0 aliphatic rings. The number of nitrogens with one attached hydrogen (secondary N) is 1. The highest BCUT2D eigenvalue weighted by Gasteiger charge is 2.19. The van der Waals surface area contributed by atoms with Crippen molar-refractivity contribution < 1.29 is 4.79 Å². The lowest BCUT2D eigenvalue weighted by atomic mass is 9.88. The van der Waals surface area contributed by atoms with Crippen molar-refractivity contribution in [2.75, 3.05) is 11.9 Å². The fraction of sp³-hybridized carbons (Fsp3) is 0.600. The van der Waals surface area contributed by atoms with Crippen LogP contribution in [0.4, 0.5) is 0 Å². The molecule has 0 unspecified atom stereocenters. The van der Waals surface area contributed by atoms with Gasteiger partial charge < -0.3 is 5.32 Å². The zero-order valence-electron chi connectivity index (χ0n) is 12.2. The molecule has 0 bridgehead atoms. The van der Waals surface area contributed by atoms with E-state index < -0.39 is 0 Å². The molecule has 19 heavy (non-hydrogen) atoms. The molecule has 0 spiro atoms. The molecule has 0 fully saturated rings. The van der Waals surface area contributed by atoms with Gasteiger partial charge in [-0.1, -0.05) is 29.8 Å². The first-order chi connectivity index (χ1) is 8.85. The Balaban J connectivity index is 2.60. The van der Waals surface area contributed by atoms with Crippen LogP contribution in [0.15, 0.2) is 12.1 Å². The second-order valence-electron chi connectivity index (χ2n) is 5.73. The zero-order chi connectivity index (χ0) is 14.5. The predicted octanol–water partition coefficient (Wildman–Crippen LogP) is 3.63. The highest BCUT2D eigenvalue weighted by atomic mass is 79.9. The third kappa shape index (κ3) is 5.31. The average molecular weight is 327 g/mol. The lowest BCUT2D eigenvalue weighted by molar-refractivity contribution is 0.0933. The third-order valence-corrected chi connectivity index (χ3v) is 3.75. The van der Waals surface area contributed by atoms with E-state index in [1.807, 2.05) is 26.0 Å². The maximum Gasteiger partial charge on any atom is 0.253 e. The fourth-order valence-electron chi connectivity index (χ4n) is 1.98. The largest absolute Gasteiger partial charge is 0.351 e. The van der Waals surface area contributed by atoms with Crippen LogP contribution in [-0.2, 0) is 0 Å². The zero-order valence-corrected chi connectivity index (χ0v) is 13.8. The Morgan fingerprint density at radius 3 is 2.63 bits per heavy atom. The van der Waals surface area contributed by atoms with Crippen LogP contribution in [0.5, 0.6) is 0 Å². The average Bonchev–Trinajstić information content (AvgIpc) is 2.34. The number of aryl methyl sites for hydroxylation is 2. The number of aromatic nitrogens is 1. The first-order valence-corrected chi connectivity index (χ1v) is 7.76. The van der Waals surface area contributed by atoms with Gasteiger partial charge in [0.1, 0.15) is 0 Å². The number of pyridine rings is 1. The summed E-state index contributed by atoms with van der Waals surface area (Å²) in [4.78, 5) is 16.5. The summed E-state index contributed by atoms with van der Waals surface area (Å²) in [5.74, 6) is -0.0306. The molecule has 4 heteroatoms. The normalized spacial score (nSPS) is 11.4. The third-order valence-electron chi connectivity index (χ3n) is 3.18. The Labute approximate surface area is 124 Å². The topological polar surface area (TPSA) is 42.0 Å². The van der Waals surface area contributed by atoms with E-state index in [0.29, 0.717) is 12.1 Å². The number of halogens is 1. The lowest BCUT2D eigenvalue weighted by Gasteiger charge is -2.24. The minimum Gasteiger partial charge on any atom is -0.351 e. The van der Waals surface area contributed by atoms with Crippen LogP contribution in [0.1, 0.15) is 48.4 Å². The first-order valence-electron chi connectivity index (χ1n) is 6.64. The maximum atomic E-state index is 12.1. The number of alkyl halides is 1. The molecule has 1 heterocycles. The minimum absolute atomic E-state index is 0.0306. The number of carbonyl (C=O) groups excluding carboxylic acids is 1. The Bertz CT molecular complexity index is 444. The van der Waals surface area contributed by atoms with Crippen molar-refractivity contribution in [2.24, 2.45) is 5.41 Å². The van der Waals surface area contributed by atoms with E-state index in [4.69, 9.17) is 0 Å². The summed E-state index contributed by atoms with van der Waals surface area (Å²) in [6.07, 6.45) is 2.21. The number of carbonyl (C=O) groups is 1. The Morgan fingerprint density at radius 1 is 1.37 bits per heavy atom. The van der Waals surface area contributed by atoms with E-state index in [-0.39, 0.29) is 11.3 Å². The molecule has 1 amide bonds. The van der Waals surface area contributed by atoms with Gasteiger partial charge in [0.05, 0.1) is 11.3 Å². The highest BCUT2D eigenvalue weighted by Crippen LogP contribution is 2.21. The van der Waals surface area contributed by atoms with Crippen molar-refractivity contribution in [1.29, 1.82) is 0 Å². The standard InChI is InChI=1S/C15H23BrN2O/c1-11-6-7-13(12(2)18-11)14(19)17-10-15(3,4)8-5-9-16/h6-7H,5,8-10H2,1-4H3,(H,17,19). The van der Waals surface area contributed by atoms with Gasteiger partial charge in [-0.3, -0.25) is 9.78 Å². The molecule has 0 aromatic carbocycles. The minimum atomic E-state index is -0.0306. The van der Waals surface area contributed by atoms with E-state index in [2.05, 4.69) is 40.1 Å². The lowest BCUT2D eigenvalue weighted by Crippen LogP contribution is -2.34. The van der Waals surface area contributed by atoms with E-state index in [1.165, 1.54) is 0 Å². The summed E-state index contributed by atoms with van der Waals surface area (Å²) >= 11 is 3.44. The number of hydrogen-bond acceptors (Lipinski definition) is 2. The van der Waals surface area contributed by atoms with E-state index in [9.17, 15) is 4.79 Å². The van der Waals surface area contributed by atoms with E-state index >= 15 is 0 Å². The molecule has 0 aliphatic heterocycles. The summed E-state index contributed by atoms with van der Waals surface area (Å²) in [5, 5.41) is 4.02. The Hall–Kier alpha value is -0.900. The van der Waals surface area contributed by atoms with Gasteiger partial charge in [-0.2, -0.15) is 0 Å². The van der Waals surface area contributed by atoms with Crippen molar-refractivity contribution >= 4 is 21.8 Å². The van der Waals surface area contributed by atoms with Gasteiger partial charge in [0.25, 0.3) is 5.91 Å². The molecule has 0 radical (unpaired) electrons. The monoisotopic (exact) mass is 326 g/mol. The van der Waals surface area contributed by atoms with E-state index in [1.54, 1.807) is 0 Å². The Morgan fingerprint density at radius 2 is 2.05 bits per heavy atom. The summed E-state index contributed by atoms with van der Waals surface area (Å²) in [5.41, 5.74) is 2.51. The van der Waals surface area contributed by atoms with Gasteiger partial charge >= 0.3 is 0 Å². The summed E-state index contributed by atoms with van der Waals surface area (Å²) in [6.45, 7) is 8.84. The van der Waals surface area contributed by atoms with Crippen molar-refractivity contribution in [3.63, 3.8) is 0 Å². The molecule has 0 atom stereocenters. The molecule has 1 aromatic heterocycles. The van der Waals surface area contributed by atoms with Crippen LogP contribution >= 0.6 is 15.9 Å². The van der Waals surface area contributed by atoms with Gasteiger partial charge in [-0.25, -0.2) is 0 Å². The molecule has 3 nitrogen and oxygen atoms in total. The molecule has 1 N–H and O–H groups in total. The number of rotatable bonds is 6. The van der Waals surface area contributed by atoms with Crippen LogP contribution in [0.3, 0.4) is 0 Å². The van der Waals surface area contributed by atoms with Gasteiger partial charge in [0.2, 0.25) is 0 Å². The molecule has 0 saturated carbocycles. The van der Waals surface area contributed by atoms with E-state index in [0.717, 1.165) is 29.6 Å². The SMILES string of the molecule is Cc1ccc(C(=O)NCC(C)(C)CCCBr)c(C)n1. The highest BCUT2D eigenvalue weighted by molar-refractivity contribution is 9.09. The van der Waals surface area contributed by atoms with Crippen molar-refractivity contribution in [3.05, 3.63) is 29.1 Å². The number of hydrogen-bond donors (Lipinski definition) is 1.